The Bertz CT molecular complexity index is 830. The zero-order chi connectivity index (χ0) is 15.6. The lowest BCUT2D eigenvalue weighted by Gasteiger charge is -2.12. The lowest BCUT2D eigenvalue weighted by atomic mass is 10.2. The van der Waals surface area contributed by atoms with Crippen molar-refractivity contribution < 1.29 is 8.42 Å². The van der Waals surface area contributed by atoms with Gasteiger partial charge in [0.15, 0.2) is 5.15 Å². The highest BCUT2D eigenvalue weighted by Gasteiger charge is 2.18. The summed E-state index contributed by atoms with van der Waals surface area (Å²) in [6.45, 7) is 1.72. The lowest BCUT2D eigenvalue weighted by molar-refractivity contribution is 0.601. The molecule has 5 nitrogen and oxygen atoms in total. The van der Waals surface area contributed by atoms with Gasteiger partial charge in [-0.15, -0.1) is 0 Å². The summed E-state index contributed by atoms with van der Waals surface area (Å²) in [7, 11) is -3.80. The smallest absolute Gasteiger partial charge is 0.262 e. The van der Waals surface area contributed by atoms with Crippen LogP contribution in [0.4, 0.5) is 5.69 Å². The highest BCUT2D eigenvalue weighted by molar-refractivity contribution is 9.10. The number of nitrogens with one attached hydrogen (secondary N) is 1. The van der Waals surface area contributed by atoms with Crippen molar-refractivity contribution in [3.63, 3.8) is 0 Å². The molecule has 0 aliphatic rings. The predicted octanol–water partition coefficient (Wildman–Crippen LogP) is 3.48. The molecule has 0 aliphatic heterocycles. The van der Waals surface area contributed by atoms with E-state index >= 15 is 0 Å². The molecule has 0 spiro atoms. The number of benzene rings is 1. The van der Waals surface area contributed by atoms with Gasteiger partial charge in [-0.1, -0.05) is 11.6 Å². The monoisotopic (exact) mass is 385 g/mol. The quantitative estimate of drug-likeness (QED) is 0.819. The van der Waals surface area contributed by atoms with Crippen LogP contribution in [-0.4, -0.2) is 13.4 Å². The van der Waals surface area contributed by atoms with Gasteiger partial charge in [0.05, 0.1) is 22.2 Å². The normalized spacial score (nSPS) is 11.0. The number of nitriles is 1. The topological polar surface area (TPSA) is 82.8 Å². The van der Waals surface area contributed by atoms with E-state index < -0.39 is 10.0 Å². The summed E-state index contributed by atoms with van der Waals surface area (Å²) in [4.78, 5) is 3.93. The molecule has 1 heterocycles. The van der Waals surface area contributed by atoms with Gasteiger partial charge in [0.25, 0.3) is 10.0 Å². The molecular weight excluding hydrogens is 378 g/mol. The van der Waals surface area contributed by atoms with E-state index in [1.807, 2.05) is 6.07 Å². The third kappa shape index (κ3) is 3.35. The molecule has 108 valence electrons. The largest absolute Gasteiger partial charge is 0.276 e. The van der Waals surface area contributed by atoms with Gasteiger partial charge in [-0.3, -0.25) is 4.72 Å². The highest BCUT2D eigenvalue weighted by Crippen LogP contribution is 2.30. The van der Waals surface area contributed by atoms with Gasteiger partial charge in [-0.2, -0.15) is 5.26 Å². The van der Waals surface area contributed by atoms with Crippen molar-refractivity contribution in [2.45, 2.75) is 11.8 Å². The number of pyridine rings is 1. The van der Waals surface area contributed by atoms with Gasteiger partial charge in [0.1, 0.15) is 0 Å². The number of nitrogens with zero attached hydrogens (tertiary/aromatic N) is 2. The summed E-state index contributed by atoms with van der Waals surface area (Å²) in [6.07, 6.45) is 1.50. The fourth-order valence-corrected chi connectivity index (χ4v) is 3.29. The minimum atomic E-state index is -3.80. The Labute approximate surface area is 135 Å². The first-order valence-corrected chi connectivity index (χ1v) is 8.34. The number of sulfonamides is 1. The van der Waals surface area contributed by atoms with Crippen LogP contribution in [0, 0.1) is 18.3 Å². The minimum absolute atomic E-state index is 0.0388. The summed E-state index contributed by atoms with van der Waals surface area (Å²) < 4.78 is 27.7. The molecule has 1 aromatic heterocycles. The zero-order valence-corrected chi connectivity index (χ0v) is 13.9. The minimum Gasteiger partial charge on any atom is -0.276 e. The molecule has 1 aromatic carbocycles. The van der Waals surface area contributed by atoms with E-state index in [1.54, 1.807) is 6.92 Å². The molecule has 0 unspecified atom stereocenters. The van der Waals surface area contributed by atoms with Crippen molar-refractivity contribution in [1.29, 1.82) is 5.26 Å². The molecule has 8 heteroatoms. The van der Waals surface area contributed by atoms with E-state index in [1.165, 1.54) is 30.5 Å². The maximum absolute atomic E-state index is 12.3. The van der Waals surface area contributed by atoms with Crippen molar-refractivity contribution in [3.05, 3.63) is 51.2 Å². The maximum Gasteiger partial charge on any atom is 0.262 e. The van der Waals surface area contributed by atoms with Crippen molar-refractivity contribution in [2.75, 3.05) is 4.72 Å². The van der Waals surface area contributed by atoms with Gasteiger partial charge in [0.2, 0.25) is 0 Å². The molecule has 2 rings (SSSR count). The number of anilines is 1. The van der Waals surface area contributed by atoms with Crippen LogP contribution >= 0.6 is 27.5 Å². The van der Waals surface area contributed by atoms with E-state index in [-0.39, 0.29) is 15.7 Å². The van der Waals surface area contributed by atoms with E-state index in [0.29, 0.717) is 15.6 Å². The third-order valence-corrected chi connectivity index (χ3v) is 5.21. The molecule has 0 amide bonds. The van der Waals surface area contributed by atoms with Crippen LogP contribution in [-0.2, 0) is 10.0 Å². The molecule has 2 aromatic rings. The molecule has 0 radical (unpaired) electrons. The predicted molar refractivity (Wildman–Crippen MR) is 83.6 cm³/mol. The second-order valence-corrected chi connectivity index (χ2v) is 7.03. The molecular formula is C13H9BrClN3O2S. The van der Waals surface area contributed by atoms with Crippen LogP contribution in [0.3, 0.4) is 0 Å². The first-order valence-electron chi connectivity index (χ1n) is 5.69. The van der Waals surface area contributed by atoms with Crippen LogP contribution in [0.2, 0.25) is 5.15 Å². The van der Waals surface area contributed by atoms with Crippen molar-refractivity contribution >= 4 is 43.2 Å². The number of rotatable bonds is 3. The fraction of sp³-hybridized carbons (Fsp3) is 0.0769. The first-order chi connectivity index (χ1) is 9.85. The van der Waals surface area contributed by atoms with E-state index in [0.717, 1.165) is 0 Å². The summed E-state index contributed by atoms with van der Waals surface area (Å²) in [5.41, 5.74) is 1.23. The Kier molecular flexibility index (Phi) is 4.52. The summed E-state index contributed by atoms with van der Waals surface area (Å²) in [5, 5.41) is 8.79. The van der Waals surface area contributed by atoms with Crippen LogP contribution in [0.5, 0.6) is 0 Å². The van der Waals surface area contributed by atoms with E-state index in [2.05, 4.69) is 25.6 Å². The molecule has 0 saturated heterocycles. The van der Waals surface area contributed by atoms with Gasteiger partial charge in [0, 0.05) is 10.7 Å². The first kappa shape index (κ1) is 15.8. The van der Waals surface area contributed by atoms with Gasteiger partial charge >= 0.3 is 0 Å². The van der Waals surface area contributed by atoms with Crippen molar-refractivity contribution in [1.82, 2.24) is 4.98 Å². The maximum atomic E-state index is 12.3. The Balaban J connectivity index is 2.42. The third-order valence-electron chi connectivity index (χ3n) is 2.76. The second kappa shape index (κ2) is 6.02. The summed E-state index contributed by atoms with van der Waals surface area (Å²) in [6, 6.07) is 7.51. The standard InChI is InChI=1S/C13H9BrClN3O2S/c1-8-11(14)7-17-13(15)12(8)18-21(19,20)10-4-2-9(6-16)3-5-10/h2-5,7,18H,1H3. The average Bonchev–Trinajstić information content (AvgIpc) is 2.48. The molecule has 0 fully saturated rings. The Morgan fingerprint density at radius 3 is 2.52 bits per heavy atom. The number of hydrogen-bond acceptors (Lipinski definition) is 4. The highest BCUT2D eigenvalue weighted by atomic mass is 79.9. The van der Waals surface area contributed by atoms with Gasteiger partial charge < -0.3 is 0 Å². The van der Waals surface area contributed by atoms with E-state index in [4.69, 9.17) is 16.9 Å². The van der Waals surface area contributed by atoms with Crippen LogP contribution in [0.1, 0.15) is 11.1 Å². The fourth-order valence-electron chi connectivity index (χ4n) is 1.57. The molecule has 0 atom stereocenters. The van der Waals surface area contributed by atoms with Crippen LogP contribution in [0.15, 0.2) is 39.8 Å². The molecule has 21 heavy (non-hydrogen) atoms. The Morgan fingerprint density at radius 1 is 1.33 bits per heavy atom. The van der Waals surface area contributed by atoms with Crippen LogP contribution < -0.4 is 4.72 Å². The molecule has 0 bridgehead atoms. The number of aromatic nitrogens is 1. The van der Waals surface area contributed by atoms with Gasteiger partial charge in [-0.25, -0.2) is 13.4 Å². The number of hydrogen-bond donors (Lipinski definition) is 1. The number of halogens is 2. The Morgan fingerprint density at radius 2 is 1.95 bits per heavy atom. The SMILES string of the molecule is Cc1c(Br)cnc(Cl)c1NS(=O)(=O)c1ccc(C#N)cc1. The van der Waals surface area contributed by atoms with Crippen molar-refractivity contribution in [3.8, 4) is 6.07 Å². The Hall–Kier alpha value is -1.62. The van der Waals surface area contributed by atoms with Crippen LogP contribution in [0.25, 0.3) is 0 Å². The second-order valence-electron chi connectivity index (χ2n) is 4.14. The van der Waals surface area contributed by atoms with Gasteiger partial charge in [-0.05, 0) is 52.7 Å². The summed E-state index contributed by atoms with van der Waals surface area (Å²) >= 11 is 9.21. The molecule has 0 aliphatic carbocycles. The molecule has 1 N–H and O–H groups in total. The van der Waals surface area contributed by atoms with Crippen molar-refractivity contribution in [2.24, 2.45) is 0 Å². The lowest BCUT2D eigenvalue weighted by Crippen LogP contribution is -2.14. The van der Waals surface area contributed by atoms with E-state index in [9.17, 15) is 8.42 Å². The summed E-state index contributed by atoms with van der Waals surface area (Å²) in [5.74, 6) is 0. The zero-order valence-electron chi connectivity index (χ0n) is 10.8. The average molecular weight is 387 g/mol. The molecule has 0 saturated carbocycles.